The third-order valence-electron chi connectivity index (χ3n) is 5.22. The molecule has 2 heterocycles. The van der Waals surface area contributed by atoms with Gasteiger partial charge in [-0.05, 0) is 64.7 Å². The van der Waals surface area contributed by atoms with E-state index in [1.807, 2.05) is 46.8 Å². The second kappa shape index (κ2) is 8.05. The summed E-state index contributed by atoms with van der Waals surface area (Å²) in [6.07, 6.45) is 1.94. The molecule has 1 unspecified atom stereocenters. The van der Waals surface area contributed by atoms with E-state index in [1.165, 1.54) is 0 Å². The Bertz CT molecular complexity index is 956. The van der Waals surface area contributed by atoms with Gasteiger partial charge in [-0.1, -0.05) is 6.07 Å². The minimum absolute atomic E-state index is 0.0420. The number of hydrogen-bond donors (Lipinski definition) is 1. The second-order valence-corrected chi connectivity index (χ2v) is 10.7. The van der Waals surface area contributed by atoms with Crippen LogP contribution in [-0.2, 0) is 22.8 Å². The van der Waals surface area contributed by atoms with Gasteiger partial charge < -0.3 is 4.74 Å². The van der Waals surface area contributed by atoms with Crippen molar-refractivity contribution in [3.8, 4) is 0 Å². The SMILES string of the molecule is Cc1cc([C@@H](C)N[S@](=O)C(C)(C)C)c2nc(C3CCCOC3)n(C)c(=O)c2c1. The van der Waals surface area contributed by atoms with Crippen molar-refractivity contribution in [1.82, 2.24) is 14.3 Å². The fourth-order valence-corrected chi connectivity index (χ4v) is 4.41. The molecular formula is C21H31N3O3S. The Labute approximate surface area is 169 Å². The van der Waals surface area contributed by atoms with Crippen LogP contribution in [0, 0.1) is 6.92 Å². The Morgan fingerprint density at radius 3 is 2.68 bits per heavy atom. The lowest BCUT2D eigenvalue weighted by Gasteiger charge is -2.25. The van der Waals surface area contributed by atoms with Gasteiger partial charge in [0.05, 0.1) is 33.2 Å². The number of ether oxygens (including phenoxy) is 1. The molecule has 2 aromatic rings. The summed E-state index contributed by atoms with van der Waals surface area (Å²) in [6.45, 7) is 11.1. The van der Waals surface area contributed by atoms with Crippen molar-refractivity contribution < 1.29 is 8.95 Å². The van der Waals surface area contributed by atoms with Gasteiger partial charge >= 0.3 is 0 Å². The van der Waals surface area contributed by atoms with Crippen LogP contribution in [0.4, 0.5) is 0 Å². The lowest BCUT2D eigenvalue weighted by Crippen LogP contribution is -2.35. The van der Waals surface area contributed by atoms with Gasteiger partial charge in [0.25, 0.3) is 5.56 Å². The summed E-state index contributed by atoms with van der Waals surface area (Å²) >= 11 is 0. The molecule has 0 amide bonds. The first kappa shape index (κ1) is 21.1. The van der Waals surface area contributed by atoms with Gasteiger partial charge in [-0.3, -0.25) is 9.36 Å². The van der Waals surface area contributed by atoms with Gasteiger partial charge in [-0.25, -0.2) is 13.9 Å². The number of fused-ring (bicyclic) bond motifs is 1. The first-order valence-electron chi connectivity index (χ1n) is 9.86. The van der Waals surface area contributed by atoms with Crippen molar-refractivity contribution in [1.29, 1.82) is 0 Å². The Morgan fingerprint density at radius 1 is 1.36 bits per heavy atom. The first-order valence-corrected chi connectivity index (χ1v) is 11.0. The smallest absolute Gasteiger partial charge is 0.261 e. The molecule has 1 aliphatic rings. The van der Waals surface area contributed by atoms with E-state index in [0.717, 1.165) is 36.4 Å². The van der Waals surface area contributed by atoms with Gasteiger partial charge in [0.2, 0.25) is 0 Å². The fourth-order valence-electron chi connectivity index (χ4n) is 3.61. The quantitative estimate of drug-likeness (QED) is 0.847. The maximum Gasteiger partial charge on any atom is 0.261 e. The van der Waals surface area contributed by atoms with Crippen LogP contribution in [0.5, 0.6) is 0 Å². The highest BCUT2D eigenvalue weighted by Gasteiger charge is 2.25. The van der Waals surface area contributed by atoms with Crippen molar-refractivity contribution in [3.63, 3.8) is 0 Å². The third-order valence-corrected chi connectivity index (χ3v) is 6.90. The molecule has 0 spiro atoms. The summed E-state index contributed by atoms with van der Waals surface area (Å²) in [7, 11) is 0.571. The zero-order chi connectivity index (χ0) is 20.6. The van der Waals surface area contributed by atoms with E-state index in [2.05, 4.69) is 4.72 Å². The van der Waals surface area contributed by atoms with Crippen LogP contribution >= 0.6 is 0 Å². The molecule has 1 fully saturated rings. The second-order valence-electron chi connectivity index (χ2n) is 8.72. The lowest BCUT2D eigenvalue weighted by molar-refractivity contribution is 0.0770. The number of aromatic nitrogens is 2. The van der Waals surface area contributed by atoms with Crippen LogP contribution in [0.25, 0.3) is 10.9 Å². The molecule has 1 N–H and O–H groups in total. The first-order chi connectivity index (χ1) is 13.1. The molecular weight excluding hydrogens is 374 g/mol. The van der Waals surface area contributed by atoms with Crippen molar-refractivity contribution in [2.45, 2.75) is 64.2 Å². The summed E-state index contributed by atoms with van der Waals surface area (Å²) in [4.78, 5) is 18.0. The van der Waals surface area contributed by atoms with Crippen molar-refractivity contribution in [3.05, 3.63) is 39.4 Å². The van der Waals surface area contributed by atoms with E-state index in [1.54, 1.807) is 11.6 Å². The molecule has 3 rings (SSSR count). The zero-order valence-electron chi connectivity index (χ0n) is 17.7. The van der Waals surface area contributed by atoms with E-state index < -0.39 is 11.0 Å². The molecule has 0 saturated carbocycles. The van der Waals surface area contributed by atoms with Crippen LogP contribution in [-0.4, -0.2) is 31.7 Å². The number of rotatable bonds is 4. The van der Waals surface area contributed by atoms with E-state index in [-0.39, 0.29) is 22.3 Å². The average molecular weight is 406 g/mol. The average Bonchev–Trinajstić information content (AvgIpc) is 2.64. The predicted octanol–water partition coefficient (Wildman–Crippen LogP) is 3.25. The van der Waals surface area contributed by atoms with Crippen LogP contribution < -0.4 is 10.3 Å². The van der Waals surface area contributed by atoms with Crippen LogP contribution in [0.2, 0.25) is 0 Å². The molecule has 1 aromatic heterocycles. The number of benzene rings is 1. The van der Waals surface area contributed by atoms with Gasteiger partial charge in [0, 0.05) is 25.6 Å². The highest BCUT2D eigenvalue weighted by Crippen LogP contribution is 2.28. The maximum atomic E-state index is 13.1. The van der Waals surface area contributed by atoms with E-state index >= 15 is 0 Å². The van der Waals surface area contributed by atoms with Crippen molar-refractivity contribution in [2.24, 2.45) is 7.05 Å². The molecule has 7 heteroatoms. The predicted molar refractivity (Wildman–Crippen MR) is 114 cm³/mol. The standard InChI is InChI=1S/C21H31N3O3S/c1-13-10-16(14(2)23-28(26)21(3,4)5)18-17(11-13)20(25)24(6)19(22-18)15-8-7-9-27-12-15/h10-11,14-15,23H,7-9,12H2,1-6H3/t14-,15?,28-/m1/s1. The molecule has 1 saturated heterocycles. The highest BCUT2D eigenvalue weighted by atomic mass is 32.2. The largest absolute Gasteiger partial charge is 0.381 e. The molecule has 1 aromatic carbocycles. The summed E-state index contributed by atoms with van der Waals surface area (Å²) in [6, 6.07) is 3.73. The minimum atomic E-state index is -1.22. The maximum absolute atomic E-state index is 13.1. The molecule has 0 aliphatic carbocycles. The van der Waals surface area contributed by atoms with Crippen molar-refractivity contribution >= 4 is 21.9 Å². The fraction of sp³-hybridized carbons (Fsp3) is 0.619. The lowest BCUT2D eigenvalue weighted by atomic mass is 9.99. The van der Waals surface area contributed by atoms with Gasteiger partial charge in [0.15, 0.2) is 0 Å². The molecule has 6 nitrogen and oxygen atoms in total. The minimum Gasteiger partial charge on any atom is -0.381 e. The van der Waals surface area contributed by atoms with Crippen LogP contribution in [0.3, 0.4) is 0 Å². The van der Waals surface area contributed by atoms with Gasteiger partial charge in [0.1, 0.15) is 5.82 Å². The monoisotopic (exact) mass is 405 g/mol. The topological polar surface area (TPSA) is 73.2 Å². The summed E-state index contributed by atoms with van der Waals surface area (Å²) in [5, 5.41) is 0.605. The molecule has 28 heavy (non-hydrogen) atoms. The normalized spacial score (nSPS) is 20.3. The van der Waals surface area contributed by atoms with Crippen LogP contribution in [0.1, 0.15) is 69.4 Å². The highest BCUT2D eigenvalue weighted by molar-refractivity contribution is 7.84. The Hall–Kier alpha value is -1.57. The van der Waals surface area contributed by atoms with E-state index in [0.29, 0.717) is 17.5 Å². The molecule has 3 atom stereocenters. The van der Waals surface area contributed by atoms with Gasteiger partial charge in [-0.15, -0.1) is 0 Å². The summed E-state index contributed by atoms with van der Waals surface area (Å²) in [5.41, 5.74) is 2.55. The molecule has 154 valence electrons. The zero-order valence-corrected chi connectivity index (χ0v) is 18.5. The Kier molecular flexibility index (Phi) is 6.08. The number of nitrogens with zero attached hydrogens (tertiary/aromatic N) is 2. The molecule has 1 aliphatic heterocycles. The number of nitrogens with one attached hydrogen (secondary N) is 1. The summed E-state index contributed by atoms with van der Waals surface area (Å²) < 4.78 is 22.7. The molecule has 0 bridgehead atoms. The van der Waals surface area contributed by atoms with E-state index in [9.17, 15) is 9.00 Å². The third kappa shape index (κ3) is 4.21. The van der Waals surface area contributed by atoms with E-state index in [4.69, 9.17) is 9.72 Å². The Morgan fingerprint density at radius 2 is 2.07 bits per heavy atom. The number of aryl methyl sites for hydroxylation is 1. The Balaban J connectivity index is 2.13. The summed E-state index contributed by atoms with van der Waals surface area (Å²) in [5.74, 6) is 0.892. The number of hydrogen-bond acceptors (Lipinski definition) is 4. The van der Waals surface area contributed by atoms with Crippen LogP contribution in [0.15, 0.2) is 16.9 Å². The van der Waals surface area contributed by atoms with Crippen molar-refractivity contribution in [2.75, 3.05) is 13.2 Å². The van der Waals surface area contributed by atoms with Gasteiger partial charge in [-0.2, -0.15) is 0 Å². The molecule has 0 radical (unpaired) electrons.